The molecule has 1 aliphatic rings. The minimum absolute atomic E-state index is 0.0212. The normalized spacial score (nSPS) is 21.5. The molecule has 1 heterocycles. The van der Waals surface area contributed by atoms with Crippen molar-refractivity contribution in [1.82, 2.24) is 9.80 Å². The molecule has 0 amide bonds. The van der Waals surface area contributed by atoms with Crippen LogP contribution in [-0.4, -0.2) is 62.3 Å². The first-order valence-electron chi connectivity index (χ1n) is 6.50. The van der Waals surface area contributed by atoms with Crippen LogP contribution in [0.15, 0.2) is 0 Å². The van der Waals surface area contributed by atoms with Crippen LogP contribution in [0, 0.1) is 5.92 Å². The molecule has 0 spiro atoms. The third-order valence-corrected chi connectivity index (χ3v) is 3.73. The van der Waals surface area contributed by atoms with Crippen molar-refractivity contribution in [1.29, 1.82) is 0 Å². The summed E-state index contributed by atoms with van der Waals surface area (Å²) in [4.78, 5) is 3.65. The zero-order valence-electron chi connectivity index (χ0n) is 11.2. The Kier molecular flexibility index (Phi) is 5.88. The third-order valence-electron chi connectivity index (χ3n) is 3.73. The van der Waals surface area contributed by atoms with Gasteiger partial charge in [-0.15, -0.1) is 0 Å². The van der Waals surface area contributed by atoms with Gasteiger partial charge in [0.25, 0.3) is 0 Å². The fraction of sp³-hybridized carbons (Fsp3) is 1.00. The lowest BCUT2D eigenvalue weighted by molar-refractivity contribution is -0.183. The van der Waals surface area contributed by atoms with Crippen molar-refractivity contribution in [3.8, 4) is 0 Å². The highest BCUT2D eigenvalue weighted by Crippen LogP contribution is 2.28. The van der Waals surface area contributed by atoms with Crippen LogP contribution in [0.5, 0.6) is 0 Å². The Morgan fingerprint density at radius 1 is 1.33 bits per heavy atom. The molecular formula is C12H24F3N3. The molecule has 1 saturated heterocycles. The van der Waals surface area contributed by atoms with E-state index in [1.807, 2.05) is 7.05 Å². The standard InChI is InChI=1S/C12H24F3N3/c1-17-7-4-10(5-8-17)9-18(2)11(3-6-16)12(13,14)15/h10-11H,3-9,16H2,1-2H3. The lowest BCUT2D eigenvalue weighted by Gasteiger charge is -2.35. The van der Waals surface area contributed by atoms with E-state index in [4.69, 9.17) is 5.73 Å². The van der Waals surface area contributed by atoms with Crippen LogP contribution >= 0.6 is 0 Å². The first kappa shape index (κ1) is 15.7. The molecule has 0 aromatic carbocycles. The minimum Gasteiger partial charge on any atom is -0.330 e. The molecule has 1 rings (SSSR count). The van der Waals surface area contributed by atoms with Crippen LogP contribution in [0.2, 0.25) is 0 Å². The lowest BCUT2D eigenvalue weighted by atomic mass is 9.96. The Balaban J connectivity index is 2.48. The molecule has 1 atom stereocenters. The van der Waals surface area contributed by atoms with E-state index in [-0.39, 0.29) is 13.0 Å². The number of hydrogen-bond acceptors (Lipinski definition) is 3. The van der Waals surface area contributed by atoms with Gasteiger partial charge < -0.3 is 10.6 Å². The average molecular weight is 267 g/mol. The Bertz CT molecular complexity index is 237. The van der Waals surface area contributed by atoms with E-state index in [1.165, 1.54) is 4.90 Å². The number of nitrogens with two attached hydrogens (primary N) is 1. The molecule has 1 unspecified atom stereocenters. The largest absolute Gasteiger partial charge is 0.404 e. The maximum absolute atomic E-state index is 12.9. The fourth-order valence-electron chi connectivity index (χ4n) is 2.57. The minimum atomic E-state index is -4.18. The predicted octanol–water partition coefficient (Wildman–Crippen LogP) is 1.54. The molecule has 2 N–H and O–H groups in total. The topological polar surface area (TPSA) is 32.5 Å². The zero-order valence-corrected chi connectivity index (χ0v) is 11.2. The van der Waals surface area contributed by atoms with Gasteiger partial charge in [-0.1, -0.05) is 0 Å². The molecule has 1 fully saturated rings. The SMILES string of the molecule is CN1CCC(CN(C)C(CCN)C(F)(F)F)CC1. The summed E-state index contributed by atoms with van der Waals surface area (Å²) in [6.45, 7) is 2.54. The number of alkyl halides is 3. The van der Waals surface area contributed by atoms with E-state index in [0.717, 1.165) is 25.9 Å². The Labute approximate surface area is 107 Å². The van der Waals surface area contributed by atoms with E-state index < -0.39 is 12.2 Å². The van der Waals surface area contributed by atoms with Gasteiger partial charge in [0.15, 0.2) is 0 Å². The predicted molar refractivity (Wildman–Crippen MR) is 66.4 cm³/mol. The maximum Gasteiger partial charge on any atom is 0.404 e. The van der Waals surface area contributed by atoms with Gasteiger partial charge in [0, 0.05) is 6.54 Å². The second kappa shape index (κ2) is 6.73. The summed E-state index contributed by atoms with van der Waals surface area (Å²) < 4.78 is 38.6. The summed E-state index contributed by atoms with van der Waals surface area (Å²) in [7, 11) is 3.61. The maximum atomic E-state index is 12.9. The summed E-state index contributed by atoms with van der Waals surface area (Å²) in [6.07, 6.45) is -2.24. The van der Waals surface area contributed by atoms with Crippen LogP contribution in [0.25, 0.3) is 0 Å². The van der Waals surface area contributed by atoms with Crippen molar-refractivity contribution >= 4 is 0 Å². The van der Waals surface area contributed by atoms with Crippen LogP contribution in [0.3, 0.4) is 0 Å². The summed E-state index contributed by atoms with van der Waals surface area (Å²) in [5.74, 6) is 0.369. The summed E-state index contributed by atoms with van der Waals surface area (Å²) in [6, 6.07) is -1.40. The van der Waals surface area contributed by atoms with E-state index in [0.29, 0.717) is 12.5 Å². The van der Waals surface area contributed by atoms with Crippen molar-refractivity contribution in [2.24, 2.45) is 11.7 Å². The fourth-order valence-corrected chi connectivity index (χ4v) is 2.57. The molecule has 6 heteroatoms. The van der Waals surface area contributed by atoms with Gasteiger partial charge in [0.2, 0.25) is 0 Å². The molecule has 108 valence electrons. The van der Waals surface area contributed by atoms with Crippen LogP contribution in [0.4, 0.5) is 13.2 Å². The highest BCUT2D eigenvalue weighted by molar-refractivity contribution is 4.80. The smallest absolute Gasteiger partial charge is 0.330 e. The van der Waals surface area contributed by atoms with E-state index >= 15 is 0 Å². The number of likely N-dealkylation sites (tertiary alicyclic amines) is 1. The van der Waals surface area contributed by atoms with E-state index in [1.54, 1.807) is 7.05 Å². The summed E-state index contributed by atoms with van der Waals surface area (Å²) in [5.41, 5.74) is 5.28. The molecule has 0 bridgehead atoms. The molecule has 18 heavy (non-hydrogen) atoms. The van der Waals surface area contributed by atoms with Crippen LogP contribution in [0.1, 0.15) is 19.3 Å². The van der Waals surface area contributed by atoms with Gasteiger partial charge in [-0.3, -0.25) is 4.90 Å². The van der Waals surface area contributed by atoms with Crippen LogP contribution < -0.4 is 5.73 Å². The average Bonchev–Trinajstić information content (AvgIpc) is 2.27. The second-order valence-corrected chi connectivity index (χ2v) is 5.32. The van der Waals surface area contributed by atoms with E-state index in [9.17, 15) is 13.2 Å². The summed E-state index contributed by atoms with van der Waals surface area (Å²) in [5, 5.41) is 0. The molecule has 0 radical (unpaired) electrons. The Morgan fingerprint density at radius 3 is 2.33 bits per heavy atom. The van der Waals surface area contributed by atoms with Crippen molar-refractivity contribution in [2.75, 3.05) is 40.3 Å². The van der Waals surface area contributed by atoms with Gasteiger partial charge in [-0.05, 0) is 58.9 Å². The van der Waals surface area contributed by atoms with Gasteiger partial charge in [-0.25, -0.2) is 0 Å². The second-order valence-electron chi connectivity index (χ2n) is 5.32. The molecule has 0 saturated carbocycles. The quantitative estimate of drug-likeness (QED) is 0.820. The number of piperidine rings is 1. The number of halogens is 3. The first-order valence-corrected chi connectivity index (χ1v) is 6.50. The zero-order chi connectivity index (χ0) is 13.8. The number of rotatable bonds is 5. The molecule has 1 aliphatic heterocycles. The van der Waals surface area contributed by atoms with E-state index in [2.05, 4.69) is 4.90 Å². The molecule has 0 aromatic heterocycles. The lowest BCUT2D eigenvalue weighted by Crippen LogP contribution is -2.47. The summed E-state index contributed by atoms with van der Waals surface area (Å²) >= 11 is 0. The molecule has 0 aromatic rings. The molecular weight excluding hydrogens is 243 g/mol. The number of nitrogens with zero attached hydrogens (tertiary/aromatic N) is 2. The van der Waals surface area contributed by atoms with Crippen molar-refractivity contribution in [2.45, 2.75) is 31.5 Å². The van der Waals surface area contributed by atoms with Gasteiger partial charge in [0.1, 0.15) is 6.04 Å². The van der Waals surface area contributed by atoms with Gasteiger partial charge >= 0.3 is 6.18 Å². The molecule has 3 nitrogen and oxygen atoms in total. The van der Waals surface area contributed by atoms with Crippen LogP contribution in [-0.2, 0) is 0 Å². The monoisotopic (exact) mass is 267 g/mol. The van der Waals surface area contributed by atoms with Crippen molar-refractivity contribution in [3.05, 3.63) is 0 Å². The van der Waals surface area contributed by atoms with Crippen molar-refractivity contribution in [3.63, 3.8) is 0 Å². The Hall–Kier alpha value is -0.330. The molecule has 0 aliphatic carbocycles. The third kappa shape index (κ3) is 4.74. The Morgan fingerprint density at radius 2 is 1.89 bits per heavy atom. The van der Waals surface area contributed by atoms with Gasteiger partial charge in [0.05, 0.1) is 0 Å². The van der Waals surface area contributed by atoms with Crippen molar-refractivity contribution < 1.29 is 13.2 Å². The first-order chi connectivity index (χ1) is 8.34. The highest BCUT2D eigenvalue weighted by atomic mass is 19.4. The van der Waals surface area contributed by atoms with Gasteiger partial charge in [-0.2, -0.15) is 13.2 Å². The highest BCUT2D eigenvalue weighted by Gasteiger charge is 2.42. The number of hydrogen-bond donors (Lipinski definition) is 1.